The van der Waals surface area contributed by atoms with Gasteiger partial charge in [0.25, 0.3) is 0 Å². The SMILES string of the molecule is COC(=O)c1ccc(NC(=O)C2CCC(N)C2)cc1Cl.Cl. The topological polar surface area (TPSA) is 81.4 Å². The largest absolute Gasteiger partial charge is 0.465 e. The number of methoxy groups -OCH3 is 1. The Morgan fingerprint density at radius 2 is 2.10 bits per heavy atom. The molecule has 1 saturated carbocycles. The van der Waals surface area contributed by atoms with Gasteiger partial charge in [-0.3, -0.25) is 4.79 Å². The fraction of sp³-hybridized carbons (Fsp3) is 0.429. The number of esters is 1. The van der Waals surface area contributed by atoms with E-state index in [2.05, 4.69) is 10.1 Å². The molecule has 0 saturated heterocycles. The van der Waals surface area contributed by atoms with E-state index in [1.165, 1.54) is 13.2 Å². The van der Waals surface area contributed by atoms with Crippen molar-refractivity contribution in [3.8, 4) is 0 Å². The number of hydrogen-bond acceptors (Lipinski definition) is 4. The predicted octanol–water partition coefficient (Wildman–Crippen LogP) is 2.61. The molecule has 0 aromatic heterocycles. The first-order valence-electron chi connectivity index (χ1n) is 6.45. The minimum absolute atomic E-state index is 0. The van der Waals surface area contributed by atoms with Crippen LogP contribution in [0.1, 0.15) is 29.6 Å². The number of halogens is 2. The van der Waals surface area contributed by atoms with Gasteiger partial charge in [-0.25, -0.2) is 4.79 Å². The van der Waals surface area contributed by atoms with E-state index in [0.717, 1.165) is 12.8 Å². The lowest BCUT2D eigenvalue weighted by Gasteiger charge is -2.11. The van der Waals surface area contributed by atoms with Gasteiger partial charge in [-0.2, -0.15) is 0 Å². The number of nitrogens with one attached hydrogen (secondary N) is 1. The summed E-state index contributed by atoms with van der Waals surface area (Å²) in [6.45, 7) is 0. The van der Waals surface area contributed by atoms with Gasteiger partial charge in [0, 0.05) is 17.6 Å². The summed E-state index contributed by atoms with van der Waals surface area (Å²) in [5.41, 5.74) is 6.63. The number of anilines is 1. The van der Waals surface area contributed by atoms with Crippen LogP contribution in [-0.2, 0) is 9.53 Å². The monoisotopic (exact) mass is 332 g/mol. The second kappa shape index (κ2) is 7.64. The Kier molecular flexibility index (Phi) is 6.45. The smallest absolute Gasteiger partial charge is 0.339 e. The zero-order valence-corrected chi connectivity index (χ0v) is 13.2. The van der Waals surface area contributed by atoms with Crippen molar-refractivity contribution in [2.75, 3.05) is 12.4 Å². The van der Waals surface area contributed by atoms with Crippen LogP contribution < -0.4 is 11.1 Å². The molecular weight excluding hydrogens is 315 g/mol. The highest BCUT2D eigenvalue weighted by molar-refractivity contribution is 6.34. The number of benzene rings is 1. The molecule has 5 nitrogen and oxygen atoms in total. The Morgan fingerprint density at radius 1 is 1.38 bits per heavy atom. The van der Waals surface area contributed by atoms with E-state index in [0.29, 0.717) is 12.1 Å². The molecule has 3 N–H and O–H groups in total. The summed E-state index contributed by atoms with van der Waals surface area (Å²) in [5, 5.41) is 3.05. The van der Waals surface area contributed by atoms with Gasteiger partial charge in [0.1, 0.15) is 0 Å². The van der Waals surface area contributed by atoms with E-state index < -0.39 is 5.97 Å². The van der Waals surface area contributed by atoms with Crippen LogP contribution in [0.2, 0.25) is 5.02 Å². The van der Waals surface area contributed by atoms with Crippen LogP contribution in [0.3, 0.4) is 0 Å². The van der Waals surface area contributed by atoms with Gasteiger partial charge in [0.15, 0.2) is 0 Å². The molecular formula is C14H18Cl2N2O3. The summed E-state index contributed by atoms with van der Waals surface area (Å²) in [5.74, 6) is -0.612. The maximum atomic E-state index is 12.0. The van der Waals surface area contributed by atoms with Crippen LogP contribution in [0.5, 0.6) is 0 Å². The van der Waals surface area contributed by atoms with Crippen LogP contribution in [0.15, 0.2) is 18.2 Å². The van der Waals surface area contributed by atoms with Gasteiger partial charge < -0.3 is 15.8 Å². The number of rotatable bonds is 3. The molecule has 0 spiro atoms. The molecule has 2 rings (SSSR count). The molecule has 116 valence electrons. The third-order valence-corrected chi connectivity index (χ3v) is 3.80. The molecule has 0 heterocycles. The van der Waals surface area contributed by atoms with Gasteiger partial charge in [-0.05, 0) is 37.5 Å². The summed E-state index contributed by atoms with van der Waals surface area (Å²) in [6.07, 6.45) is 2.39. The first-order valence-corrected chi connectivity index (χ1v) is 6.83. The van der Waals surface area contributed by atoms with Crippen molar-refractivity contribution in [1.82, 2.24) is 0 Å². The first-order chi connectivity index (χ1) is 9.51. The van der Waals surface area contributed by atoms with Crippen LogP contribution in [-0.4, -0.2) is 25.0 Å². The standard InChI is InChI=1S/C14H17ClN2O3.ClH/c1-20-14(19)11-5-4-10(7-12(11)15)17-13(18)8-2-3-9(16)6-8;/h4-5,7-9H,2-3,6,16H2,1H3,(H,17,18);1H. The molecule has 1 amide bonds. The Balaban J connectivity index is 0.00000220. The van der Waals surface area contributed by atoms with Gasteiger partial charge in [-0.1, -0.05) is 11.6 Å². The Labute approximate surface area is 134 Å². The number of hydrogen-bond donors (Lipinski definition) is 2. The fourth-order valence-corrected chi connectivity index (χ4v) is 2.62. The zero-order chi connectivity index (χ0) is 14.7. The predicted molar refractivity (Wildman–Crippen MR) is 84.0 cm³/mol. The third-order valence-electron chi connectivity index (χ3n) is 3.49. The van der Waals surface area contributed by atoms with E-state index in [1.807, 2.05) is 0 Å². The lowest BCUT2D eigenvalue weighted by atomic mass is 10.1. The molecule has 2 atom stereocenters. The van der Waals surface area contributed by atoms with E-state index >= 15 is 0 Å². The highest BCUT2D eigenvalue weighted by Crippen LogP contribution is 2.27. The van der Waals surface area contributed by atoms with E-state index in [9.17, 15) is 9.59 Å². The maximum Gasteiger partial charge on any atom is 0.339 e. The number of ether oxygens (including phenoxy) is 1. The van der Waals surface area contributed by atoms with Gasteiger partial charge in [-0.15, -0.1) is 12.4 Å². The summed E-state index contributed by atoms with van der Waals surface area (Å²) in [6, 6.07) is 4.81. The molecule has 21 heavy (non-hydrogen) atoms. The van der Waals surface area contributed by atoms with Gasteiger partial charge >= 0.3 is 5.97 Å². The zero-order valence-electron chi connectivity index (χ0n) is 11.6. The summed E-state index contributed by atoms with van der Waals surface area (Å²) in [4.78, 5) is 23.5. The number of carbonyl (C=O) groups is 2. The van der Waals surface area contributed by atoms with Crippen LogP contribution in [0.25, 0.3) is 0 Å². The molecule has 1 aromatic rings. The molecule has 1 aromatic carbocycles. The minimum Gasteiger partial charge on any atom is -0.465 e. The molecule has 1 fully saturated rings. The Bertz CT molecular complexity index is 537. The average molecular weight is 333 g/mol. The summed E-state index contributed by atoms with van der Waals surface area (Å²) >= 11 is 6.00. The summed E-state index contributed by atoms with van der Waals surface area (Å²) in [7, 11) is 1.29. The van der Waals surface area contributed by atoms with Crippen LogP contribution >= 0.6 is 24.0 Å². The van der Waals surface area contributed by atoms with E-state index in [-0.39, 0.29) is 40.9 Å². The molecule has 0 bridgehead atoms. The van der Waals surface area contributed by atoms with E-state index in [4.69, 9.17) is 17.3 Å². The lowest BCUT2D eigenvalue weighted by Crippen LogP contribution is -2.23. The molecule has 2 unspecified atom stereocenters. The highest BCUT2D eigenvalue weighted by atomic mass is 35.5. The first kappa shape index (κ1) is 17.8. The number of carbonyl (C=O) groups excluding carboxylic acids is 2. The van der Waals surface area contributed by atoms with Gasteiger partial charge in [0.05, 0.1) is 17.7 Å². The van der Waals surface area contributed by atoms with Crippen molar-refractivity contribution in [2.45, 2.75) is 25.3 Å². The molecule has 1 aliphatic rings. The second-order valence-corrected chi connectivity index (χ2v) is 5.35. The highest BCUT2D eigenvalue weighted by Gasteiger charge is 2.27. The Hall–Kier alpha value is -1.30. The second-order valence-electron chi connectivity index (χ2n) is 4.95. The molecule has 7 heteroatoms. The lowest BCUT2D eigenvalue weighted by molar-refractivity contribution is -0.119. The molecule has 1 aliphatic carbocycles. The normalized spacial score (nSPS) is 20.5. The van der Waals surface area contributed by atoms with Crippen molar-refractivity contribution in [2.24, 2.45) is 11.7 Å². The molecule has 0 aliphatic heterocycles. The maximum absolute atomic E-state index is 12.0. The van der Waals surface area contributed by atoms with Gasteiger partial charge in [0.2, 0.25) is 5.91 Å². The Morgan fingerprint density at radius 3 is 2.62 bits per heavy atom. The van der Waals surface area contributed by atoms with Crippen molar-refractivity contribution < 1.29 is 14.3 Å². The van der Waals surface area contributed by atoms with Crippen molar-refractivity contribution in [1.29, 1.82) is 0 Å². The number of nitrogens with two attached hydrogens (primary N) is 1. The van der Waals surface area contributed by atoms with Crippen LogP contribution in [0, 0.1) is 5.92 Å². The quantitative estimate of drug-likeness (QED) is 0.833. The fourth-order valence-electron chi connectivity index (χ4n) is 2.37. The van der Waals surface area contributed by atoms with Crippen LogP contribution in [0.4, 0.5) is 5.69 Å². The number of amides is 1. The van der Waals surface area contributed by atoms with Crippen molar-refractivity contribution >= 4 is 41.6 Å². The average Bonchev–Trinajstić information content (AvgIpc) is 2.85. The minimum atomic E-state index is -0.505. The van der Waals surface area contributed by atoms with Crippen molar-refractivity contribution in [3.63, 3.8) is 0 Å². The summed E-state index contributed by atoms with van der Waals surface area (Å²) < 4.78 is 4.61. The molecule has 0 radical (unpaired) electrons. The van der Waals surface area contributed by atoms with E-state index in [1.54, 1.807) is 12.1 Å². The van der Waals surface area contributed by atoms with Crippen molar-refractivity contribution in [3.05, 3.63) is 28.8 Å². The third kappa shape index (κ3) is 4.33.